The first kappa shape index (κ1) is 10.6. The molecule has 1 fully saturated rings. The van der Waals surface area contributed by atoms with Gasteiger partial charge in [-0.1, -0.05) is 0 Å². The Labute approximate surface area is 89.2 Å². The highest BCUT2D eigenvalue weighted by Crippen LogP contribution is 2.31. The predicted octanol–water partition coefficient (Wildman–Crippen LogP) is 0.920. The molecule has 0 radical (unpaired) electrons. The fourth-order valence-electron chi connectivity index (χ4n) is 1.38. The smallest absolute Gasteiger partial charge is 0.151 e. The number of hydrogen-bond donors (Lipinski definition) is 1. The summed E-state index contributed by atoms with van der Waals surface area (Å²) in [5.41, 5.74) is 0. The van der Waals surface area contributed by atoms with E-state index < -0.39 is 0 Å². The van der Waals surface area contributed by atoms with Crippen LogP contribution in [-0.4, -0.2) is 35.5 Å². The summed E-state index contributed by atoms with van der Waals surface area (Å²) in [5.74, 6) is 2.55. The van der Waals surface area contributed by atoms with E-state index >= 15 is 0 Å². The van der Waals surface area contributed by atoms with Gasteiger partial charge in [0.1, 0.15) is 6.61 Å². The number of aromatic amines is 1. The highest BCUT2D eigenvalue weighted by atomic mass is 16.5. The van der Waals surface area contributed by atoms with Crippen LogP contribution >= 0.6 is 0 Å². The van der Waals surface area contributed by atoms with E-state index in [4.69, 9.17) is 9.47 Å². The van der Waals surface area contributed by atoms with Gasteiger partial charge in [-0.05, 0) is 18.8 Å². The predicted molar refractivity (Wildman–Crippen MR) is 54.3 cm³/mol. The van der Waals surface area contributed by atoms with Crippen LogP contribution in [0, 0.1) is 5.92 Å². The highest BCUT2D eigenvalue weighted by Gasteiger charge is 2.23. The molecule has 1 N–H and O–H groups in total. The molecule has 0 spiro atoms. The Morgan fingerprint density at radius 2 is 2.27 bits per heavy atom. The van der Waals surface area contributed by atoms with E-state index in [1.165, 1.54) is 12.8 Å². The quantitative estimate of drug-likeness (QED) is 0.681. The van der Waals surface area contributed by atoms with Gasteiger partial charge < -0.3 is 9.47 Å². The second-order valence-electron chi connectivity index (χ2n) is 3.89. The van der Waals surface area contributed by atoms with E-state index in [1.807, 2.05) is 0 Å². The summed E-state index contributed by atoms with van der Waals surface area (Å²) in [6, 6.07) is 0. The molecule has 2 rings (SSSR count). The van der Waals surface area contributed by atoms with Gasteiger partial charge in [-0.15, -0.1) is 0 Å². The molecule has 1 aliphatic carbocycles. The van der Waals surface area contributed by atoms with Crippen LogP contribution in [0.1, 0.15) is 24.5 Å². The number of nitrogens with zero attached hydrogens (tertiary/aromatic N) is 2. The molecule has 1 aromatic rings. The van der Waals surface area contributed by atoms with Crippen molar-refractivity contribution >= 4 is 0 Å². The number of H-pyrrole nitrogens is 1. The molecule has 0 aliphatic heterocycles. The summed E-state index contributed by atoms with van der Waals surface area (Å²) in [6.07, 6.45) is 3.66. The Bertz CT molecular complexity index is 297. The van der Waals surface area contributed by atoms with E-state index in [1.54, 1.807) is 7.11 Å². The van der Waals surface area contributed by atoms with Crippen LogP contribution < -0.4 is 0 Å². The SMILES string of the molecule is COCCOCc1nc(CC2CC2)n[nH]1. The lowest BCUT2D eigenvalue weighted by Crippen LogP contribution is -2.02. The van der Waals surface area contributed by atoms with Crippen molar-refractivity contribution in [1.82, 2.24) is 15.2 Å². The minimum absolute atomic E-state index is 0.487. The van der Waals surface area contributed by atoms with E-state index in [0.29, 0.717) is 19.8 Å². The highest BCUT2D eigenvalue weighted by molar-refractivity contribution is 4.93. The summed E-state index contributed by atoms with van der Waals surface area (Å²) in [5, 5.41) is 7.04. The molecular formula is C10H17N3O2. The third-order valence-electron chi connectivity index (χ3n) is 2.42. The van der Waals surface area contributed by atoms with Gasteiger partial charge >= 0.3 is 0 Å². The van der Waals surface area contributed by atoms with Crippen molar-refractivity contribution in [2.45, 2.75) is 25.9 Å². The molecule has 0 saturated heterocycles. The number of nitrogens with one attached hydrogen (secondary N) is 1. The van der Waals surface area contributed by atoms with Gasteiger partial charge in [0.15, 0.2) is 11.6 Å². The maximum Gasteiger partial charge on any atom is 0.151 e. The zero-order valence-corrected chi connectivity index (χ0v) is 9.03. The maximum atomic E-state index is 5.34. The molecule has 0 amide bonds. The lowest BCUT2D eigenvalue weighted by molar-refractivity contribution is 0.0587. The van der Waals surface area contributed by atoms with Gasteiger partial charge in [0, 0.05) is 13.5 Å². The van der Waals surface area contributed by atoms with Crippen LogP contribution in [0.4, 0.5) is 0 Å². The van der Waals surface area contributed by atoms with Gasteiger partial charge in [0.05, 0.1) is 13.2 Å². The van der Waals surface area contributed by atoms with Crippen molar-refractivity contribution in [2.75, 3.05) is 20.3 Å². The van der Waals surface area contributed by atoms with Gasteiger partial charge in [0.25, 0.3) is 0 Å². The Morgan fingerprint density at radius 1 is 1.40 bits per heavy atom. The first-order valence-electron chi connectivity index (χ1n) is 5.35. The first-order valence-corrected chi connectivity index (χ1v) is 5.35. The molecule has 1 aromatic heterocycles. The Balaban J connectivity index is 1.69. The minimum Gasteiger partial charge on any atom is -0.382 e. The van der Waals surface area contributed by atoms with Crippen molar-refractivity contribution in [3.63, 3.8) is 0 Å². The van der Waals surface area contributed by atoms with E-state index in [2.05, 4.69) is 15.2 Å². The average molecular weight is 211 g/mol. The minimum atomic E-state index is 0.487. The van der Waals surface area contributed by atoms with E-state index in [-0.39, 0.29) is 0 Å². The molecule has 1 aliphatic rings. The zero-order chi connectivity index (χ0) is 10.5. The first-order chi connectivity index (χ1) is 7.38. The monoisotopic (exact) mass is 211 g/mol. The van der Waals surface area contributed by atoms with Crippen LogP contribution in [0.2, 0.25) is 0 Å². The lowest BCUT2D eigenvalue weighted by Gasteiger charge is -1.99. The molecule has 0 atom stereocenters. The van der Waals surface area contributed by atoms with Crippen molar-refractivity contribution in [2.24, 2.45) is 5.92 Å². The Morgan fingerprint density at radius 3 is 3.00 bits per heavy atom. The van der Waals surface area contributed by atoms with E-state index in [0.717, 1.165) is 24.0 Å². The number of hydrogen-bond acceptors (Lipinski definition) is 4. The molecule has 5 nitrogen and oxygen atoms in total. The fourth-order valence-corrected chi connectivity index (χ4v) is 1.38. The summed E-state index contributed by atoms with van der Waals surface area (Å²) >= 11 is 0. The molecule has 1 saturated carbocycles. The van der Waals surface area contributed by atoms with Gasteiger partial charge in [-0.25, -0.2) is 4.98 Å². The molecular weight excluding hydrogens is 194 g/mol. The Kier molecular flexibility index (Phi) is 3.69. The third kappa shape index (κ3) is 3.60. The maximum absolute atomic E-state index is 5.34. The van der Waals surface area contributed by atoms with Crippen molar-refractivity contribution < 1.29 is 9.47 Å². The number of ether oxygens (including phenoxy) is 2. The average Bonchev–Trinajstić information content (AvgIpc) is 2.93. The largest absolute Gasteiger partial charge is 0.382 e. The third-order valence-corrected chi connectivity index (χ3v) is 2.42. The molecule has 15 heavy (non-hydrogen) atoms. The molecule has 0 bridgehead atoms. The van der Waals surface area contributed by atoms with Gasteiger partial charge in [-0.3, -0.25) is 5.10 Å². The fraction of sp³-hybridized carbons (Fsp3) is 0.800. The zero-order valence-electron chi connectivity index (χ0n) is 9.03. The number of methoxy groups -OCH3 is 1. The normalized spacial score (nSPS) is 15.8. The van der Waals surface area contributed by atoms with Gasteiger partial charge in [-0.2, -0.15) is 5.10 Å². The molecule has 84 valence electrons. The van der Waals surface area contributed by atoms with Crippen molar-refractivity contribution in [3.8, 4) is 0 Å². The standard InChI is InChI=1S/C10H17N3O2/c1-14-4-5-15-7-10-11-9(12-13-10)6-8-2-3-8/h8H,2-7H2,1H3,(H,11,12,13). The van der Waals surface area contributed by atoms with Crippen LogP contribution in [0.3, 0.4) is 0 Å². The second kappa shape index (κ2) is 5.23. The number of aromatic nitrogens is 3. The summed E-state index contributed by atoms with van der Waals surface area (Å²) in [7, 11) is 1.66. The topological polar surface area (TPSA) is 60.0 Å². The van der Waals surface area contributed by atoms with Crippen LogP contribution in [-0.2, 0) is 22.5 Å². The van der Waals surface area contributed by atoms with Crippen molar-refractivity contribution in [3.05, 3.63) is 11.6 Å². The van der Waals surface area contributed by atoms with Crippen LogP contribution in [0.15, 0.2) is 0 Å². The van der Waals surface area contributed by atoms with Gasteiger partial charge in [0.2, 0.25) is 0 Å². The van der Waals surface area contributed by atoms with E-state index in [9.17, 15) is 0 Å². The number of rotatable bonds is 7. The Hall–Kier alpha value is -0.940. The second-order valence-corrected chi connectivity index (χ2v) is 3.89. The lowest BCUT2D eigenvalue weighted by atomic mass is 10.3. The summed E-state index contributed by atoms with van der Waals surface area (Å²) in [6.45, 7) is 1.69. The molecule has 1 heterocycles. The molecule has 0 unspecified atom stereocenters. The van der Waals surface area contributed by atoms with Crippen LogP contribution in [0.5, 0.6) is 0 Å². The van der Waals surface area contributed by atoms with Crippen LogP contribution in [0.25, 0.3) is 0 Å². The molecule has 0 aromatic carbocycles. The summed E-state index contributed by atoms with van der Waals surface area (Å²) < 4.78 is 10.2. The van der Waals surface area contributed by atoms with Crippen molar-refractivity contribution in [1.29, 1.82) is 0 Å². The molecule has 5 heteroatoms. The summed E-state index contributed by atoms with van der Waals surface area (Å²) in [4.78, 5) is 4.36.